The normalized spacial score (nSPS) is 18.0. The lowest BCUT2D eigenvalue weighted by Crippen LogP contribution is -2.17. The van der Waals surface area contributed by atoms with Crippen molar-refractivity contribution in [3.63, 3.8) is 0 Å². The van der Waals surface area contributed by atoms with Crippen LogP contribution in [0.4, 0.5) is 14.5 Å². The highest BCUT2D eigenvalue weighted by molar-refractivity contribution is 6.53. The summed E-state index contributed by atoms with van der Waals surface area (Å²) < 4.78 is 25.6. The molecular weight excluding hydrogens is 582 g/mol. The summed E-state index contributed by atoms with van der Waals surface area (Å²) in [7, 11) is 0. The molecule has 3 aromatic carbocycles. The number of alkyl halides is 2. The van der Waals surface area contributed by atoms with Crippen LogP contribution in [0.3, 0.4) is 0 Å². The Hall–Kier alpha value is -2.13. The van der Waals surface area contributed by atoms with Crippen molar-refractivity contribution in [1.29, 1.82) is 0 Å². The van der Waals surface area contributed by atoms with Gasteiger partial charge in [-0.1, -0.05) is 40.9 Å². The van der Waals surface area contributed by atoms with E-state index in [0.717, 1.165) is 6.07 Å². The first kappa shape index (κ1) is 26.9. The predicted octanol–water partition coefficient (Wildman–Crippen LogP) is 7.73. The van der Waals surface area contributed by atoms with Gasteiger partial charge in [0.15, 0.2) is 5.78 Å². The van der Waals surface area contributed by atoms with Gasteiger partial charge in [0.2, 0.25) is 11.7 Å². The number of carbonyl (C=O) groups excluding carboxylic acids is 2. The summed E-state index contributed by atoms with van der Waals surface area (Å²) in [6.07, 6.45) is -0.366. The summed E-state index contributed by atoms with van der Waals surface area (Å²) in [5, 5.41) is 11.6. The van der Waals surface area contributed by atoms with Gasteiger partial charge in [0.05, 0.1) is 21.0 Å². The number of amides is 1. The molecule has 0 aromatic heterocycles. The zero-order valence-electron chi connectivity index (χ0n) is 17.8. The lowest BCUT2D eigenvalue weighted by Gasteiger charge is -2.10. The molecule has 5 nitrogen and oxygen atoms in total. The summed E-state index contributed by atoms with van der Waals surface area (Å²) in [5.74, 6) is -4.45. The first-order chi connectivity index (χ1) is 16.9. The fourth-order valence-corrected chi connectivity index (χ4v) is 5.51. The Balaban J connectivity index is 1.52. The van der Waals surface area contributed by atoms with E-state index in [1.165, 1.54) is 36.4 Å². The Morgan fingerprint density at radius 1 is 0.972 bits per heavy atom. The molecule has 0 spiro atoms. The highest BCUT2D eigenvalue weighted by Gasteiger charge is 2.67. The predicted molar refractivity (Wildman–Crippen MR) is 135 cm³/mol. The molecule has 0 heterocycles. The van der Waals surface area contributed by atoms with Crippen LogP contribution in [0.2, 0.25) is 15.1 Å². The Kier molecular flexibility index (Phi) is 7.72. The van der Waals surface area contributed by atoms with Crippen molar-refractivity contribution < 1.29 is 28.5 Å². The zero-order valence-corrected chi connectivity index (χ0v) is 21.6. The van der Waals surface area contributed by atoms with Crippen molar-refractivity contribution in [2.75, 3.05) is 5.32 Å². The Labute approximate surface area is 228 Å². The maximum atomic E-state index is 14.0. The largest absolute Gasteiger partial charge is 0.337 e. The van der Waals surface area contributed by atoms with Gasteiger partial charge in [-0.3, -0.25) is 9.59 Å². The zero-order chi connectivity index (χ0) is 26.4. The lowest BCUT2D eigenvalue weighted by atomic mass is 10.0. The SMILES string of the molecule is O=C(Cc1ccc(F)cc1F)c1cc(NC(=O)C2C(c3cc(Cl)c(OO)c(Cl)c3)C2(Cl)Cl)ccc1Cl. The number of ketones is 1. The second-order valence-corrected chi connectivity index (χ2v) is 10.7. The molecule has 12 heteroatoms. The average Bonchev–Trinajstić information content (AvgIpc) is 3.38. The number of rotatable bonds is 7. The molecule has 2 unspecified atom stereocenters. The van der Waals surface area contributed by atoms with Gasteiger partial charge in [-0.15, -0.1) is 23.2 Å². The number of anilines is 1. The van der Waals surface area contributed by atoms with Crippen molar-refractivity contribution >= 4 is 75.4 Å². The van der Waals surface area contributed by atoms with E-state index in [0.29, 0.717) is 11.6 Å². The molecule has 1 amide bonds. The van der Waals surface area contributed by atoms with E-state index < -0.39 is 39.5 Å². The summed E-state index contributed by atoms with van der Waals surface area (Å²) in [6.45, 7) is 0. The van der Waals surface area contributed by atoms with E-state index in [1.54, 1.807) is 0 Å². The van der Waals surface area contributed by atoms with Gasteiger partial charge >= 0.3 is 0 Å². The number of halogens is 7. The summed E-state index contributed by atoms with van der Waals surface area (Å²) in [6, 6.07) is 9.96. The van der Waals surface area contributed by atoms with E-state index in [4.69, 9.17) is 63.3 Å². The summed E-state index contributed by atoms with van der Waals surface area (Å²) in [5.41, 5.74) is 0.704. The molecule has 2 N–H and O–H groups in total. The minimum Gasteiger partial charge on any atom is -0.337 e. The maximum Gasteiger partial charge on any atom is 0.231 e. The maximum absolute atomic E-state index is 14.0. The molecule has 1 fully saturated rings. The number of benzene rings is 3. The second kappa shape index (κ2) is 10.3. The van der Waals surface area contributed by atoms with Crippen molar-refractivity contribution in [2.24, 2.45) is 5.92 Å². The third kappa shape index (κ3) is 5.28. The molecule has 1 saturated carbocycles. The van der Waals surface area contributed by atoms with Crippen LogP contribution in [-0.2, 0) is 11.2 Å². The van der Waals surface area contributed by atoms with Crippen molar-refractivity contribution in [2.45, 2.75) is 16.7 Å². The number of hydrogen-bond acceptors (Lipinski definition) is 4. The van der Waals surface area contributed by atoms with Crippen LogP contribution in [0.1, 0.15) is 27.4 Å². The number of hydrogen-bond donors (Lipinski definition) is 2. The van der Waals surface area contributed by atoms with E-state index in [-0.39, 0.29) is 44.1 Å². The first-order valence-electron chi connectivity index (χ1n) is 10.2. The fraction of sp³-hybridized carbons (Fsp3) is 0.167. The van der Waals surface area contributed by atoms with Gasteiger partial charge < -0.3 is 10.2 Å². The van der Waals surface area contributed by atoms with Gasteiger partial charge in [-0.25, -0.2) is 14.0 Å². The molecule has 1 aliphatic rings. The highest BCUT2D eigenvalue weighted by atomic mass is 35.5. The Bertz CT molecular complexity index is 1360. The van der Waals surface area contributed by atoms with Crippen LogP contribution in [0.5, 0.6) is 5.75 Å². The van der Waals surface area contributed by atoms with Gasteiger partial charge in [0.25, 0.3) is 0 Å². The van der Waals surface area contributed by atoms with Crippen LogP contribution >= 0.6 is 58.0 Å². The Morgan fingerprint density at radius 2 is 1.64 bits per heavy atom. The van der Waals surface area contributed by atoms with Gasteiger partial charge in [-0.2, -0.15) is 0 Å². The van der Waals surface area contributed by atoms with Gasteiger partial charge in [-0.05, 0) is 47.5 Å². The standard InChI is InChI=1S/C24H14Cl5F2NO4/c25-15-4-3-13(9-14(15)19(33)7-10-1-2-12(30)8-18(10)31)32-23(34)21-20(24(21,28)29)11-5-16(26)22(36-35)17(27)6-11/h1-6,8-9,20-21,35H,7H2,(H,32,34). The summed E-state index contributed by atoms with van der Waals surface area (Å²) >= 11 is 31.0. The molecule has 0 bridgehead atoms. The summed E-state index contributed by atoms with van der Waals surface area (Å²) in [4.78, 5) is 29.9. The molecule has 4 rings (SSSR count). The van der Waals surface area contributed by atoms with Crippen LogP contribution in [0.25, 0.3) is 0 Å². The molecule has 2 atom stereocenters. The molecule has 188 valence electrons. The van der Waals surface area contributed by atoms with E-state index in [9.17, 15) is 18.4 Å². The van der Waals surface area contributed by atoms with Crippen molar-refractivity contribution in [1.82, 2.24) is 0 Å². The van der Waals surface area contributed by atoms with E-state index in [1.807, 2.05) is 0 Å². The monoisotopic (exact) mass is 593 g/mol. The minimum absolute atomic E-state index is 0.00303. The highest BCUT2D eigenvalue weighted by Crippen LogP contribution is 2.65. The first-order valence-corrected chi connectivity index (χ1v) is 12.1. The van der Waals surface area contributed by atoms with Crippen molar-refractivity contribution in [3.8, 4) is 5.75 Å². The van der Waals surface area contributed by atoms with Crippen LogP contribution in [-0.4, -0.2) is 21.3 Å². The van der Waals surface area contributed by atoms with Crippen LogP contribution < -0.4 is 10.2 Å². The third-order valence-electron chi connectivity index (χ3n) is 5.71. The Morgan fingerprint density at radius 3 is 2.25 bits per heavy atom. The minimum atomic E-state index is -1.48. The smallest absolute Gasteiger partial charge is 0.231 e. The molecule has 1 aliphatic carbocycles. The molecule has 0 aliphatic heterocycles. The van der Waals surface area contributed by atoms with Crippen molar-refractivity contribution in [3.05, 3.63) is 91.9 Å². The quantitative estimate of drug-likeness (QED) is 0.127. The van der Waals surface area contributed by atoms with Gasteiger partial charge in [0.1, 0.15) is 16.0 Å². The van der Waals surface area contributed by atoms with Crippen LogP contribution in [0, 0.1) is 17.6 Å². The molecule has 0 saturated heterocycles. The molecule has 0 radical (unpaired) electrons. The lowest BCUT2D eigenvalue weighted by molar-refractivity contribution is -0.137. The number of carbonyl (C=O) groups is 2. The van der Waals surface area contributed by atoms with Crippen LogP contribution in [0.15, 0.2) is 48.5 Å². The topological polar surface area (TPSA) is 75.6 Å². The fourth-order valence-electron chi connectivity index (χ4n) is 3.88. The molecular formula is C24H14Cl5F2NO4. The number of Topliss-reactive ketones (excluding diaryl/α,β-unsaturated/α-hetero) is 1. The third-order valence-corrected chi connectivity index (χ3v) is 7.54. The van der Waals surface area contributed by atoms with Gasteiger partial charge in [0, 0.05) is 29.7 Å². The number of nitrogens with one attached hydrogen (secondary N) is 1. The van der Waals surface area contributed by atoms with E-state index in [2.05, 4.69) is 10.2 Å². The molecule has 3 aromatic rings. The molecule has 36 heavy (non-hydrogen) atoms. The second-order valence-electron chi connectivity index (χ2n) is 8.05. The average molecular weight is 596 g/mol. The van der Waals surface area contributed by atoms with E-state index >= 15 is 0 Å².